The molecular weight excluding hydrogens is 399 g/mol. The Morgan fingerprint density at radius 3 is 1.16 bits per heavy atom. The Balaban J connectivity index is 4.09. The third-order valence-corrected chi connectivity index (χ3v) is 3.37. The molecule has 1 rings (SSSR count). The Hall–Kier alpha value is -1.70. The molecule has 25 heavy (non-hydrogen) atoms. The van der Waals surface area contributed by atoms with E-state index >= 15 is 0 Å². The maximum Gasteiger partial charge on any atom is 0.384 e. The van der Waals surface area contributed by atoms with Crippen molar-refractivity contribution < 1.29 is 66.6 Å². The number of esters is 1. The number of hydrogen-bond acceptors (Lipinski definition) is 2. The molecule has 0 unspecified atom stereocenters. The summed E-state index contributed by atoms with van der Waals surface area (Å²) in [5.41, 5.74) is -11.2. The highest BCUT2D eigenvalue weighted by Gasteiger charge is 3.02. The van der Waals surface area contributed by atoms with Gasteiger partial charge in [-0.3, -0.25) is 0 Å². The Bertz CT molecular complexity index is 586. The first-order valence-electron chi connectivity index (χ1n) is 5.52. The number of alkyl halides is 11. The van der Waals surface area contributed by atoms with Gasteiger partial charge in [0.25, 0.3) is 11.7 Å². The van der Waals surface area contributed by atoms with Crippen molar-refractivity contribution in [2.45, 2.75) is 35.3 Å². The summed E-state index contributed by atoms with van der Waals surface area (Å²) >= 11 is 0. The lowest BCUT2D eigenvalue weighted by molar-refractivity contribution is -0.478. The van der Waals surface area contributed by atoms with Crippen molar-refractivity contribution in [1.82, 2.24) is 0 Å². The number of methoxy groups -OCH3 is 1. The van der Waals surface area contributed by atoms with Crippen molar-refractivity contribution in [3.63, 3.8) is 0 Å². The fourth-order valence-electron chi connectivity index (χ4n) is 1.99. The van der Waals surface area contributed by atoms with Gasteiger partial charge in [-0.05, 0) is 0 Å². The fourth-order valence-corrected chi connectivity index (χ4v) is 1.99. The van der Waals surface area contributed by atoms with Crippen LogP contribution in [0.1, 0.15) is 0 Å². The highest BCUT2D eigenvalue weighted by atomic mass is 19.4. The molecule has 0 radical (unpaired) electrons. The summed E-state index contributed by atoms with van der Waals surface area (Å²) < 4.78 is 175. The maximum absolute atomic E-state index is 14.2. The Kier molecular flexibility index (Phi) is 4.40. The Labute approximate surface area is 128 Å². The Morgan fingerprint density at radius 2 is 0.920 bits per heavy atom. The molecule has 0 amide bonds. The van der Waals surface area contributed by atoms with Gasteiger partial charge in [0.2, 0.25) is 0 Å². The number of ether oxygens (including phenoxy) is 1. The van der Waals surface area contributed by atoms with Crippen LogP contribution in [0.5, 0.6) is 0 Å². The first kappa shape index (κ1) is 21.3. The van der Waals surface area contributed by atoms with Gasteiger partial charge in [-0.25, -0.2) is 9.18 Å². The highest BCUT2D eigenvalue weighted by molar-refractivity contribution is 5.92. The lowest BCUT2D eigenvalue weighted by Crippen LogP contribution is -2.84. The molecule has 0 aliphatic heterocycles. The first-order valence-corrected chi connectivity index (χ1v) is 5.52. The Morgan fingerprint density at radius 1 is 0.640 bits per heavy atom. The molecule has 0 bridgehead atoms. The topological polar surface area (TPSA) is 26.3 Å². The van der Waals surface area contributed by atoms with Gasteiger partial charge in [-0.2, -0.15) is 52.7 Å². The molecule has 15 heteroatoms. The van der Waals surface area contributed by atoms with Gasteiger partial charge < -0.3 is 4.74 Å². The molecule has 1 fully saturated rings. The largest absolute Gasteiger partial charge is 0.465 e. The van der Waals surface area contributed by atoms with Crippen LogP contribution in [0, 0.1) is 0 Å². The van der Waals surface area contributed by atoms with E-state index in [4.69, 9.17) is 0 Å². The summed E-state index contributed by atoms with van der Waals surface area (Å²) in [5.74, 6) is -41.1. The standard InChI is InChI=1S/C10H3F13O2/c1-25-4(24)2(3(11)12)5(13)6(14,15)8(18,19)10(22,23)9(20,21)7(5,16)17/h1H3. The molecule has 0 aromatic heterocycles. The number of carbonyl (C=O) groups excluding carboxylic acids is 1. The summed E-state index contributed by atoms with van der Waals surface area (Å²) in [6.45, 7) is 0. The third-order valence-electron chi connectivity index (χ3n) is 3.37. The lowest BCUT2D eigenvalue weighted by Gasteiger charge is -2.52. The summed E-state index contributed by atoms with van der Waals surface area (Å²) in [6.07, 6.45) is -4.19. The predicted octanol–water partition coefficient (Wildman–Crippen LogP) is 4.21. The molecule has 0 aromatic rings. The van der Waals surface area contributed by atoms with Crippen molar-refractivity contribution in [3.05, 3.63) is 11.7 Å². The molecule has 1 saturated carbocycles. The molecule has 2 nitrogen and oxygen atoms in total. The SMILES string of the molecule is COC(=O)C(=C(F)F)C1(F)C(F)(F)C(F)(F)C(F)(F)C(F)(F)C1(F)F. The van der Waals surface area contributed by atoms with Crippen LogP contribution in [0.15, 0.2) is 11.7 Å². The smallest absolute Gasteiger partial charge is 0.384 e. The summed E-state index contributed by atoms with van der Waals surface area (Å²) in [5, 5.41) is 0. The summed E-state index contributed by atoms with van der Waals surface area (Å²) in [4.78, 5) is 10.9. The molecule has 0 spiro atoms. The number of hydrogen-bond donors (Lipinski definition) is 0. The van der Waals surface area contributed by atoms with E-state index < -0.39 is 52.9 Å². The van der Waals surface area contributed by atoms with Crippen LogP contribution in [0.3, 0.4) is 0 Å². The average molecular weight is 402 g/mol. The van der Waals surface area contributed by atoms with Crippen LogP contribution in [-0.2, 0) is 9.53 Å². The van der Waals surface area contributed by atoms with E-state index in [9.17, 15) is 61.9 Å². The van der Waals surface area contributed by atoms with Gasteiger partial charge in [0.15, 0.2) is 5.57 Å². The molecular formula is C10H3F13O2. The average Bonchev–Trinajstić information content (AvgIpc) is 2.44. The minimum Gasteiger partial charge on any atom is -0.465 e. The normalized spacial score (nSPS) is 27.3. The van der Waals surface area contributed by atoms with Gasteiger partial charge in [0.1, 0.15) is 0 Å². The van der Waals surface area contributed by atoms with Gasteiger partial charge in [0.05, 0.1) is 7.11 Å². The molecule has 0 N–H and O–H groups in total. The number of halogens is 13. The predicted molar refractivity (Wildman–Crippen MR) is 49.8 cm³/mol. The van der Waals surface area contributed by atoms with E-state index in [0.717, 1.165) is 0 Å². The second-order valence-corrected chi connectivity index (χ2v) is 4.66. The van der Waals surface area contributed by atoms with Crippen LogP contribution in [0.2, 0.25) is 0 Å². The van der Waals surface area contributed by atoms with Crippen molar-refractivity contribution in [1.29, 1.82) is 0 Å². The van der Waals surface area contributed by atoms with Gasteiger partial charge in [-0.15, -0.1) is 0 Å². The van der Waals surface area contributed by atoms with Gasteiger partial charge in [0, 0.05) is 0 Å². The van der Waals surface area contributed by atoms with E-state index in [0.29, 0.717) is 0 Å². The minimum atomic E-state index is -7.60. The first-order chi connectivity index (χ1) is 10.8. The quantitative estimate of drug-likeness (QED) is 0.393. The van der Waals surface area contributed by atoms with Crippen LogP contribution in [0.4, 0.5) is 57.1 Å². The minimum absolute atomic E-state index is 0.0152. The zero-order chi connectivity index (χ0) is 20.4. The van der Waals surface area contributed by atoms with Crippen molar-refractivity contribution in [3.8, 4) is 0 Å². The zero-order valence-corrected chi connectivity index (χ0v) is 11.2. The van der Waals surface area contributed by atoms with Crippen molar-refractivity contribution >= 4 is 5.97 Å². The third kappa shape index (κ3) is 1.97. The second-order valence-electron chi connectivity index (χ2n) is 4.66. The monoisotopic (exact) mass is 402 g/mol. The molecule has 146 valence electrons. The van der Waals surface area contributed by atoms with Gasteiger partial charge >= 0.3 is 35.6 Å². The van der Waals surface area contributed by atoms with Crippen molar-refractivity contribution in [2.75, 3.05) is 7.11 Å². The molecule has 0 heterocycles. The van der Waals surface area contributed by atoms with E-state index in [1.807, 2.05) is 0 Å². The van der Waals surface area contributed by atoms with Crippen LogP contribution < -0.4 is 0 Å². The highest BCUT2D eigenvalue weighted by Crippen LogP contribution is 2.71. The number of rotatable bonds is 2. The molecule has 0 atom stereocenters. The molecule has 0 aromatic carbocycles. The van der Waals surface area contributed by atoms with E-state index in [1.165, 1.54) is 0 Å². The van der Waals surface area contributed by atoms with Crippen LogP contribution in [0.25, 0.3) is 0 Å². The molecule has 0 saturated heterocycles. The van der Waals surface area contributed by atoms with Crippen molar-refractivity contribution in [2.24, 2.45) is 0 Å². The summed E-state index contributed by atoms with van der Waals surface area (Å²) in [7, 11) is -0.0152. The fraction of sp³-hybridized carbons (Fsp3) is 0.700. The van der Waals surface area contributed by atoms with Crippen LogP contribution >= 0.6 is 0 Å². The zero-order valence-electron chi connectivity index (χ0n) is 11.2. The van der Waals surface area contributed by atoms with E-state index in [1.54, 1.807) is 0 Å². The van der Waals surface area contributed by atoms with Gasteiger partial charge in [-0.1, -0.05) is 0 Å². The van der Waals surface area contributed by atoms with E-state index in [-0.39, 0.29) is 7.11 Å². The second kappa shape index (κ2) is 5.16. The lowest BCUT2D eigenvalue weighted by atomic mass is 9.69. The van der Waals surface area contributed by atoms with E-state index in [2.05, 4.69) is 4.74 Å². The maximum atomic E-state index is 14.2. The van der Waals surface area contributed by atoms with Crippen LogP contribution in [-0.4, -0.2) is 48.4 Å². The molecule has 1 aliphatic carbocycles. The summed E-state index contributed by atoms with van der Waals surface area (Å²) in [6, 6.07) is 0. The number of carbonyl (C=O) groups is 1. The molecule has 1 aliphatic rings.